The van der Waals surface area contributed by atoms with Crippen molar-refractivity contribution in [3.8, 4) is 5.75 Å². The van der Waals surface area contributed by atoms with Gasteiger partial charge in [0.1, 0.15) is 12.4 Å². The Morgan fingerprint density at radius 3 is 2.71 bits per heavy atom. The van der Waals surface area contributed by atoms with Crippen molar-refractivity contribution >= 4 is 50.5 Å². The Bertz CT molecular complexity index is 513. The average Bonchev–Trinajstić information content (AvgIpc) is 2.72. The molecule has 2 rings (SSSR count). The Balaban J connectivity index is 2.11. The summed E-state index contributed by atoms with van der Waals surface area (Å²) in [5.41, 5.74) is 0.839. The predicted molar refractivity (Wildman–Crippen MR) is 77.4 cm³/mol. The quantitative estimate of drug-likeness (QED) is 0.662. The number of alkyl halides is 1. The second kappa shape index (κ2) is 6.10. The van der Waals surface area contributed by atoms with Gasteiger partial charge >= 0.3 is 0 Å². The van der Waals surface area contributed by atoms with E-state index in [2.05, 4.69) is 15.9 Å². The van der Waals surface area contributed by atoms with Crippen molar-refractivity contribution in [2.45, 2.75) is 12.5 Å². The summed E-state index contributed by atoms with van der Waals surface area (Å²) < 4.78 is 6.83. The van der Waals surface area contributed by atoms with Crippen LogP contribution in [-0.4, -0.2) is 0 Å². The number of hydrogen-bond acceptors (Lipinski definition) is 2. The molecule has 0 saturated heterocycles. The van der Waals surface area contributed by atoms with E-state index in [0.717, 1.165) is 20.0 Å². The number of rotatable bonds is 4. The van der Waals surface area contributed by atoms with Gasteiger partial charge in [-0.25, -0.2) is 0 Å². The fourth-order valence-electron chi connectivity index (χ4n) is 1.38. The van der Waals surface area contributed by atoms with E-state index < -0.39 is 0 Å². The highest BCUT2D eigenvalue weighted by Crippen LogP contribution is 2.29. The monoisotopic (exact) mass is 350 g/mol. The molecule has 0 aliphatic heterocycles. The number of thiophene rings is 1. The molecule has 0 saturated carbocycles. The predicted octanol–water partition coefficient (Wildman–Crippen LogP) is 5.48. The molecular weight excluding hydrogens is 343 g/mol. The third kappa shape index (κ3) is 3.38. The summed E-state index contributed by atoms with van der Waals surface area (Å²) in [6.07, 6.45) is 0. The van der Waals surface area contributed by atoms with E-state index in [1.165, 1.54) is 0 Å². The maximum absolute atomic E-state index is 6.05. The molecule has 0 atom stereocenters. The van der Waals surface area contributed by atoms with Crippen LogP contribution in [0, 0.1) is 0 Å². The van der Waals surface area contributed by atoms with Crippen molar-refractivity contribution in [2.24, 2.45) is 0 Å². The first-order valence-electron chi connectivity index (χ1n) is 4.91. The lowest BCUT2D eigenvalue weighted by Crippen LogP contribution is -1.96. The minimum Gasteiger partial charge on any atom is -0.488 e. The zero-order chi connectivity index (χ0) is 12.3. The van der Waals surface area contributed by atoms with Crippen LogP contribution in [0.2, 0.25) is 5.02 Å². The van der Waals surface area contributed by atoms with Gasteiger partial charge in [0.25, 0.3) is 0 Å². The lowest BCUT2D eigenvalue weighted by molar-refractivity contribution is 0.307. The second-order valence-electron chi connectivity index (χ2n) is 3.34. The molecule has 0 amide bonds. The third-order valence-corrected chi connectivity index (χ3v) is 4.43. The van der Waals surface area contributed by atoms with E-state index in [1.54, 1.807) is 11.3 Å². The summed E-state index contributed by atoms with van der Waals surface area (Å²) in [5, 5.41) is 0.643. The number of benzene rings is 1. The first-order chi connectivity index (χ1) is 8.20. The van der Waals surface area contributed by atoms with Crippen LogP contribution in [0.25, 0.3) is 0 Å². The van der Waals surface area contributed by atoms with E-state index in [9.17, 15) is 0 Å². The van der Waals surface area contributed by atoms with E-state index in [1.807, 2.05) is 30.3 Å². The lowest BCUT2D eigenvalue weighted by atomic mass is 10.2. The van der Waals surface area contributed by atoms with Crippen molar-refractivity contribution in [2.75, 3.05) is 0 Å². The van der Waals surface area contributed by atoms with Gasteiger partial charge in [-0.2, -0.15) is 0 Å². The van der Waals surface area contributed by atoms with Crippen LogP contribution in [0.15, 0.2) is 34.1 Å². The van der Waals surface area contributed by atoms with Crippen molar-refractivity contribution in [3.63, 3.8) is 0 Å². The summed E-state index contributed by atoms with van der Waals surface area (Å²) >= 11 is 17.0. The standard InChI is InChI=1S/C12H9BrCl2OS/c13-12-5-4-8(17-12)7-16-11-3-1-2-10(15)9(11)6-14/h1-5H,6-7H2. The van der Waals surface area contributed by atoms with Gasteiger partial charge in [0.05, 0.1) is 9.67 Å². The average molecular weight is 352 g/mol. The smallest absolute Gasteiger partial charge is 0.125 e. The number of ether oxygens (including phenoxy) is 1. The van der Waals surface area contributed by atoms with Crippen molar-refractivity contribution in [1.82, 2.24) is 0 Å². The largest absolute Gasteiger partial charge is 0.488 e. The van der Waals surface area contributed by atoms with Crippen LogP contribution in [0.1, 0.15) is 10.4 Å². The molecule has 0 N–H and O–H groups in total. The molecule has 0 unspecified atom stereocenters. The van der Waals surface area contributed by atoms with E-state index in [4.69, 9.17) is 27.9 Å². The van der Waals surface area contributed by atoms with Crippen LogP contribution in [0.4, 0.5) is 0 Å². The molecule has 17 heavy (non-hydrogen) atoms. The zero-order valence-corrected chi connectivity index (χ0v) is 12.7. The summed E-state index contributed by atoms with van der Waals surface area (Å²) in [6.45, 7) is 0.528. The summed E-state index contributed by atoms with van der Waals surface area (Å²) in [5.74, 6) is 1.10. The normalized spacial score (nSPS) is 10.5. The number of halogens is 3. The van der Waals surface area contributed by atoms with E-state index >= 15 is 0 Å². The molecule has 0 spiro atoms. The van der Waals surface area contributed by atoms with Crippen LogP contribution >= 0.6 is 50.5 Å². The topological polar surface area (TPSA) is 9.23 Å². The molecule has 0 aliphatic carbocycles. The maximum Gasteiger partial charge on any atom is 0.125 e. The van der Waals surface area contributed by atoms with Crippen LogP contribution in [0.3, 0.4) is 0 Å². The molecule has 0 radical (unpaired) electrons. The zero-order valence-electron chi connectivity index (χ0n) is 8.75. The molecule has 0 aliphatic rings. The van der Waals surface area contributed by atoms with Gasteiger partial charge in [-0.3, -0.25) is 0 Å². The molecule has 1 aromatic heterocycles. The van der Waals surface area contributed by atoms with E-state index in [0.29, 0.717) is 17.5 Å². The van der Waals surface area contributed by atoms with Gasteiger partial charge < -0.3 is 4.74 Å². The van der Waals surface area contributed by atoms with Gasteiger partial charge in [0.2, 0.25) is 0 Å². The summed E-state index contributed by atoms with van der Waals surface area (Å²) in [7, 11) is 0. The first kappa shape index (κ1) is 13.2. The summed E-state index contributed by atoms with van der Waals surface area (Å²) in [6, 6.07) is 9.58. The Labute approximate surface area is 122 Å². The molecule has 1 heterocycles. The molecule has 5 heteroatoms. The van der Waals surface area contributed by atoms with Gasteiger partial charge in [-0.1, -0.05) is 17.7 Å². The summed E-state index contributed by atoms with van der Waals surface area (Å²) in [4.78, 5) is 1.15. The maximum atomic E-state index is 6.05. The van der Waals surface area contributed by atoms with Crippen molar-refractivity contribution in [1.29, 1.82) is 0 Å². The van der Waals surface area contributed by atoms with Crippen molar-refractivity contribution < 1.29 is 4.74 Å². The van der Waals surface area contributed by atoms with Gasteiger partial charge in [0, 0.05) is 15.5 Å². The number of hydrogen-bond donors (Lipinski definition) is 0. The second-order valence-corrected chi connectivity index (χ2v) is 6.57. The first-order valence-corrected chi connectivity index (χ1v) is 7.43. The van der Waals surface area contributed by atoms with Gasteiger partial charge in [-0.15, -0.1) is 22.9 Å². The Hall–Kier alpha value is -0.220. The Morgan fingerprint density at radius 1 is 1.24 bits per heavy atom. The van der Waals surface area contributed by atoms with Gasteiger partial charge in [-0.05, 0) is 40.2 Å². The highest BCUT2D eigenvalue weighted by Gasteiger charge is 2.07. The van der Waals surface area contributed by atoms with Gasteiger partial charge in [0.15, 0.2) is 0 Å². The van der Waals surface area contributed by atoms with Crippen LogP contribution in [0.5, 0.6) is 5.75 Å². The molecule has 0 fully saturated rings. The highest BCUT2D eigenvalue weighted by atomic mass is 79.9. The molecular formula is C12H9BrCl2OS. The molecule has 2 aromatic rings. The lowest BCUT2D eigenvalue weighted by Gasteiger charge is -2.10. The molecule has 90 valence electrons. The molecule has 0 bridgehead atoms. The van der Waals surface area contributed by atoms with Crippen molar-refractivity contribution in [3.05, 3.63) is 49.6 Å². The molecule has 1 nitrogen and oxygen atoms in total. The minimum absolute atomic E-state index is 0.350. The van der Waals surface area contributed by atoms with Crippen LogP contribution in [-0.2, 0) is 12.5 Å². The van der Waals surface area contributed by atoms with Crippen LogP contribution < -0.4 is 4.74 Å². The third-order valence-electron chi connectivity index (χ3n) is 2.21. The molecule has 1 aromatic carbocycles. The van der Waals surface area contributed by atoms with E-state index in [-0.39, 0.29) is 0 Å². The fourth-order valence-corrected chi connectivity index (χ4v) is 3.36. The highest BCUT2D eigenvalue weighted by molar-refractivity contribution is 9.11. The fraction of sp³-hybridized carbons (Fsp3) is 0.167. The minimum atomic E-state index is 0.350. The Kier molecular flexibility index (Phi) is 4.74. The Morgan fingerprint density at radius 2 is 2.06 bits per heavy atom. The SMILES string of the molecule is ClCc1c(Cl)cccc1OCc1ccc(Br)s1.